The van der Waals surface area contributed by atoms with Gasteiger partial charge in [-0.2, -0.15) is 0 Å². The van der Waals surface area contributed by atoms with Gasteiger partial charge in [0, 0.05) is 0 Å². The van der Waals surface area contributed by atoms with Crippen LogP contribution in [-0.2, 0) is 5.41 Å². The summed E-state index contributed by atoms with van der Waals surface area (Å²) < 4.78 is 5.25. The van der Waals surface area contributed by atoms with E-state index in [-0.39, 0.29) is 0 Å². The Labute approximate surface area is 105 Å². The monoisotopic (exact) mass is 232 g/mol. The molecule has 0 unspecified atom stereocenters. The Balaban J connectivity index is 2.24. The van der Waals surface area contributed by atoms with E-state index in [1.165, 1.54) is 50.5 Å². The zero-order chi connectivity index (χ0) is 12.1. The minimum atomic E-state index is 0.458. The highest BCUT2D eigenvalue weighted by atomic mass is 16.5. The first-order chi connectivity index (χ1) is 8.30. The Bertz CT molecular complexity index is 328. The highest BCUT2D eigenvalue weighted by Crippen LogP contribution is 2.43. The molecule has 1 aliphatic rings. The second kappa shape index (κ2) is 5.57. The molecule has 0 radical (unpaired) electrons. The standard InChI is InChI=1S/C16H24O/c1-3-11-16(12-5-4-6-13-16)14-7-9-15(17-2)10-8-14/h7-10H,3-6,11-13H2,1-2H3. The van der Waals surface area contributed by atoms with Gasteiger partial charge in [-0.05, 0) is 42.4 Å². The average Bonchev–Trinajstić information content (AvgIpc) is 2.40. The topological polar surface area (TPSA) is 9.23 Å². The van der Waals surface area contributed by atoms with Gasteiger partial charge in [0.05, 0.1) is 7.11 Å². The average molecular weight is 232 g/mol. The van der Waals surface area contributed by atoms with E-state index in [0.717, 1.165) is 5.75 Å². The van der Waals surface area contributed by atoms with E-state index >= 15 is 0 Å². The van der Waals surface area contributed by atoms with E-state index in [2.05, 4.69) is 31.2 Å². The van der Waals surface area contributed by atoms with Crippen molar-refractivity contribution in [1.82, 2.24) is 0 Å². The molecule has 0 saturated heterocycles. The summed E-state index contributed by atoms with van der Waals surface area (Å²) >= 11 is 0. The van der Waals surface area contributed by atoms with Crippen molar-refractivity contribution >= 4 is 0 Å². The molecule has 0 bridgehead atoms. The Morgan fingerprint density at radius 3 is 2.24 bits per heavy atom. The van der Waals surface area contributed by atoms with Crippen LogP contribution >= 0.6 is 0 Å². The summed E-state index contributed by atoms with van der Waals surface area (Å²) in [6, 6.07) is 8.78. The summed E-state index contributed by atoms with van der Waals surface area (Å²) in [6.45, 7) is 2.31. The highest BCUT2D eigenvalue weighted by Gasteiger charge is 2.32. The van der Waals surface area contributed by atoms with E-state index < -0.39 is 0 Å². The van der Waals surface area contributed by atoms with Gasteiger partial charge in [0.1, 0.15) is 5.75 Å². The van der Waals surface area contributed by atoms with Gasteiger partial charge >= 0.3 is 0 Å². The van der Waals surface area contributed by atoms with Crippen molar-refractivity contribution in [1.29, 1.82) is 0 Å². The lowest BCUT2D eigenvalue weighted by molar-refractivity contribution is 0.271. The van der Waals surface area contributed by atoms with Crippen molar-refractivity contribution in [2.24, 2.45) is 0 Å². The third-order valence-corrected chi connectivity index (χ3v) is 4.24. The molecular weight excluding hydrogens is 208 g/mol. The first-order valence-electron chi connectivity index (χ1n) is 6.95. The minimum Gasteiger partial charge on any atom is -0.497 e. The summed E-state index contributed by atoms with van der Waals surface area (Å²) in [4.78, 5) is 0. The van der Waals surface area contributed by atoms with Crippen LogP contribution in [0.5, 0.6) is 5.75 Å². The van der Waals surface area contributed by atoms with E-state index in [1.807, 2.05) is 0 Å². The minimum absolute atomic E-state index is 0.458. The fourth-order valence-corrected chi connectivity index (χ4v) is 3.33. The van der Waals surface area contributed by atoms with E-state index in [0.29, 0.717) is 5.41 Å². The molecule has 1 saturated carbocycles. The first kappa shape index (κ1) is 12.5. The number of hydrogen-bond acceptors (Lipinski definition) is 1. The van der Waals surface area contributed by atoms with Gasteiger partial charge in [0.25, 0.3) is 0 Å². The molecule has 1 fully saturated rings. The van der Waals surface area contributed by atoms with Gasteiger partial charge in [0.2, 0.25) is 0 Å². The molecule has 0 heterocycles. The lowest BCUT2D eigenvalue weighted by Crippen LogP contribution is -2.28. The number of rotatable bonds is 4. The molecule has 1 heteroatoms. The molecular formula is C16H24O. The largest absolute Gasteiger partial charge is 0.497 e. The molecule has 2 rings (SSSR count). The van der Waals surface area contributed by atoms with E-state index in [4.69, 9.17) is 4.74 Å². The summed E-state index contributed by atoms with van der Waals surface area (Å²) in [5, 5.41) is 0. The highest BCUT2D eigenvalue weighted by molar-refractivity contribution is 5.32. The lowest BCUT2D eigenvalue weighted by atomic mass is 9.67. The van der Waals surface area contributed by atoms with Crippen molar-refractivity contribution in [3.63, 3.8) is 0 Å². The molecule has 0 N–H and O–H groups in total. The molecule has 1 aliphatic carbocycles. The summed E-state index contributed by atoms with van der Waals surface area (Å²) in [5.74, 6) is 0.969. The second-order valence-electron chi connectivity index (χ2n) is 5.32. The third-order valence-electron chi connectivity index (χ3n) is 4.24. The molecule has 1 nitrogen and oxygen atoms in total. The number of benzene rings is 1. The molecule has 0 spiro atoms. The first-order valence-corrected chi connectivity index (χ1v) is 6.95. The summed E-state index contributed by atoms with van der Waals surface area (Å²) in [7, 11) is 1.73. The molecule has 17 heavy (non-hydrogen) atoms. The number of methoxy groups -OCH3 is 1. The molecule has 1 aromatic carbocycles. The van der Waals surface area contributed by atoms with Gasteiger partial charge in [-0.25, -0.2) is 0 Å². The SMILES string of the molecule is CCCC1(c2ccc(OC)cc2)CCCCC1. The molecule has 94 valence electrons. The summed E-state index contributed by atoms with van der Waals surface area (Å²) in [5.41, 5.74) is 1.99. The molecule has 0 atom stereocenters. The molecule has 0 aliphatic heterocycles. The number of ether oxygens (including phenoxy) is 1. The second-order valence-corrected chi connectivity index (χ2v) is 5.32. The van der Waals surface area contributed by atoms with Crippen LogP contribution in [0.3, 0.4) is 0 Å². The Hall–Kier alpha value is -0.980. The Morgan fingerprint density at radius 1 is 1.06 bits per heavy atom. The quantitative estimate of drug-likeness (QED) is 0.731. The van der Waals surface area contributed by atoms with Crippen molar-refractivity contribution in [2.75, 3.05) is 7.11 Å². The Kier molecular flexibility index (Phi) is 4.09. The van der Waals surface area contributed by atoms with Gasteiger partial charge < -0.3 is 4.74 Å². The van der Waals surface area contributed by atoms with Crippen LogP contribution in [0, 0.1) is 0 Å². The van der Waals surface area contributed by atoms with Gasteiger partial charge in [-0.1, -0.05) is 44.7 Å². The van der Waals surface area contributed by atoms with Crippen molar-refractivity contribution < 1.29 is 4.74 Å². The maximum Gasteiger partial charge on any atom is 0.118 e. The van der Waals surface area contributed by atoms with Crippen LogP contribution in [0.15, 0.2) is 24.3 Å². The lowest BCUT2D eigenvalue weighted by Gasteiger charge is -2.38. The van der Waals surface area contributed by atoms with Crippen LogP contribution in [0.25, 0.3) is 0 Å². The summed E-state index contributed by atoms with van der Waals surface area (Å²) in [6.07, 6.45) is 9.56. The van der Waals surface area contributed by atoms with Crippen LogP contribution in [0.1, 0.15) is 57.4 Å². The zero-order valence-corrected chi connectivity index (χ0v) is 11.2. The smallest absolute Gasteiger partial charge is 0.118 e. The molecule has 0 amide bonds. The van der Waals surface area contributed by atoms with Crippen molar-refractivity contribution in [3.05, 3.63) is 29.8 Å². The van der Waals surface area contributed by atoms with Crippen LogP contribution < -0.4 is 4.74 Å². The van der Waals surface area contributed by atoms with Gasteiger partial charge in [0.15, 0.2) is 0 Å². The zero-order valence-electron chi connectivity index (χ0n) is 11.2. The van der Waals surface area contributed by atoms with Crippen LogP contribution in [0.4, 0.5) is 0 Å². The van der Waals surface area contributed by atoms with Crippen molar-refractivity contribution in [3.8, 4) is 5.75 Å². The normalized spacial score (nSPS) is 18.9. The third kappa shape index (κ3) is 2.65. The number of hydrogen-bond donors (Lipinski definition) is 0. The van der Waals surface area contributed by atoms with Gasteiger partial charge in [-0.3, -0.25) is 0 Å². The van der Waals surface area contributed by atoms with Crippen LogP contribution in [-0.4, -0.2) is 7.11 Å². The maximum absolute atomic E-state index is 5.25. The fourth-order valence-electron chi connectivity index (χ4n) is 3.33. The predicted molar refractivity (Wildman–Crippen MR) is 72.7 cm³/mol. The Morgan fingerprint density at radius 2 is 1.71 bits per heavy atom. The molecule has 1 aromatic rings. The van der Waals surface area contributed by atoms with Crippen LogP contribution in [0.2, 0.25) is 0 Å². The van der Waals surface area contributed by atoms with E-state index in [1.54, 1.807) is 7.11 Å². The van der Waals surface area contributed by atoms with Crippen molar-refractivity contribution in [2.45, 2.75) is 57.3 Å². The fraction of sp³-hybridized carbons (Fsp3) is 0.625. The molecule has 0 aromatic heterocycles. The van der Waals surface area contributed by atoms with Gasteiger partial charge in [-0.15, -0.1) is 0 Å². The maximum atomic E-state index is 5.25. The van der Waals surface area contributed by atoms with E-state index in [9.17, 15) is 0 Å². The predicted octanol–water partition coefficient (Wildman–Crippen LogP) is 4.70.